The Morgan fingerprint density at radius 3 is 2.55 bits per heavy atom. The van der Waals surface area contributed by atoms with Crippen LogP contribution in [0.3, 0.4) is 0 Å². The van der Waals surface area contributed by atoms with Gasteiger partial charge in [0.1, 0.15) is 5.75 Å². The van der Waals surface area contributed by atoms with Gasteiger partial charge in [-0.05, 0) is 44.3 Å². The molecule has 3 heteroatoms. The maximum absolute atomic E-state index is 5.97. The number of anilines is 1. The van der Waals surface area contributed by atoms with Gasteiger partial charge in [-0.25, -0.2) is 0 Å². The summed E-state index contributed by atoms with van der Waals surface area (Å²) in [4.78, 5) is 2.35. The number of benzene rings is 2. The molecule has 1 aliphatic heterocycles. The summed E-state index contributed by atoms with van der Waals surface area (Å²) in [6.45, 7) is 2.24. The molecule has 1 N–H and O–H groups in total. The Morgan fingerprint density at radius 1 is 1.05 bits per heavy atom. The van der Waals surface area contributed by atoms with Gasteiger partial charge in [0.2, 0.25) is 0 Å². The molecule has 3 nitrogen and oxygen atoms in total. The number of nitrogens with one attached hydrogen (secondary N) is 1. The van der Waals surface area contributed by atoms with Gasteiger partial charge in [0.25, 0.3) is 0 Å². The predicted molar refractivity (Wildman–Crippen MR) is 82.5 cm³/mol. The van der Waals surface area contributed by atoms with Crippen LogP contribution in [0.2, 0.25) is 0 Å². The normalized spacial score (nSPS) is 18.9. The van der Waals surface area contributed by atoms with E-state index in [1.165, 1.54) is 6.42 Å². The average Bonchev–Trinajstić information content (AvgIpc) is 2.88. The average molecular weight is 268 g/mol. The number of rotatable bonds is 4. The van der Waals surface area contributed by atoms with Crippen LogP contribution in [-0.4, -0.2) is 31.1 Å². The molecule has 104 valence electrons. The van der Waals surface area contributed by atoms with Crippen molar-refractivity contribution in [1.82, 2.24) is 4.90 Å². The van der Waals surface area contributed by atoms with Gasteiger partial charge < -0.3 is 15.0 Å². The molecule has 0 aliphatic carbocycles. The molecule has 1 saturated heterocycles. The number of para-hydroxylation sites is 3. The minimum absolute atomic E-state index is 0.500. The summed E-state index contributed by atoms with van der Waals surface area (Å²) in [7, 11) is 2.16. The van der Waals surface area contributed by atoms with Gasteiger partial charge in [-0.2, -0.15) is 0 Å². The molecule has 1 fully saturated rings. The molecule has 1 aliphatic rings. The monoisotopic (exact) mass is 268 g/mol. The van der Waals surface area contributed by atoms with Gasteiger partial charge in [0.05, 0.1) is 5.69 Å². The van der Waals surface area contributed by atoms with E-state index < -0.39 is 0 Å². The lowest BCUT2D eigenvalue weighted by molar-refractivity contribution is 0.413. The first-order valence-corrected chi connectivity index (χ1v) is 7.08. The topological polar surface area (TPSA) is 24.5 Å². The van der Waals surface area contributed by atoms with Crippen molar-refractivity contribution in [3.05, 3.63) is 54.6 Å². The van der Waals surface area contributed by atoms with Crippen LogP contribution in [0.4, 0.5) is 5.69 Å². The summed E-state index contributed by atoms with van der Waals surface area (Å²) in [6.07, 6.45) is 1.18. The third-order valence-electron chi connectivity index (χ3n) is 3.61. The second-order valence-electron chi connectivity index (χ2n) is 5.30. The largest absolute Gasteiger partial charge is 0.455 e. The van der Waals surface area contributed by atoms with E-state index in [9.17, 15) is 0 Å². The second-order valence-corrected chi connectivity index (χ2v) is 5.30. The molecule has 2 aromatic rings. The first kappa shape index (κ1) is 13.0. The highest BCUT2D eigenvalue weighted by molar-refractivity contribution is 5.58. The SMILES string of the molecule is CN1CCC(Nc2ccccc2Oc2ccccc2)C1. The Labute approximate surface area is 120 Å². The maximum Gasteiger partial charge on any atom is 0.150 e. The van der Waals surface area contributed by atoms with Crippen LogP contribution >= 0.6 is 0 Å². The second kappa shape index (κ2) is 5.97. The van der Waals surface area contributed by atoms with E-state index in [1.54, 1.807) is 0 Å². The van der Waals surface area contributed by atoms with E-state index in [0.717, 1.165) is 30.3 Å². The number of hydrogen-bond donors (Lipinski definition) is 1. The molecule has 20 heavy (non-hydrogen) atoms. The highest BCUT2D eigenvalue weighted by Crippen LogP contribution is 2.30. The molecule has 0 bridgehead atoms. The molecule has 0 amide bonds. The summed E-state index contributed by atoms with van der Waals surface area (Å²) in [5.41, 5.74) is 1.07. The molecule has 0 aromatic heterocycles. The summed E-state index contributed by atoms with van der Waals surface area (Å²) >= 11 is 0. The van der Waals surface area contributed by atoms with E-state index in [-0.39, 0.29) is 0 Å². The molecule has 3 rings (SSSR count). The van der Waals surface area contributed by atoms with Crippen molar-refractivity contribution >= 4 is 5.69 Å². The van der Waals surface area contributed by atoms with Crippen LogP contribution in [0.1, 0.15) is 6.42 Å². The van der Waals surface area contributed by atoms with Crippen molar-refractivity contribution < 1.29 is 4.74 Å². The third kappa shape index (κ3) is 3.11. The van der Waals surface area contributed by atoms with Crippen LogP contribution in [0.5, 0.6) is 11.5 Å². The summed E-state index contributed by atoms with van der Waals surface area (Å²) in [6, 6.07) is 18.5. The lowest BCUT2D eigenvalue weighted by Crippen LogP contribution is -2.23. The molecule has 0 saturated carbocycles. The van der Waals surface area contributed by atoms with Gasteiger partial charge in [-0.15, -0.1) is 0 Å². The van der Waals surface area contributed by atoms with E-state index in [0.29, 0.717) is 6.04 Å². The van der Waals surface area contributed by atoms with Gasteiger partial charge in [0.15, 0.2) is 5.75 Å². The van der Waals surface area contributed by atoms with Crippen LogP contribution in [0.15, 0.2) is 54.6 Å². The standard InChI is InChI=1S/C17H20N2O/c1-19-12-11-14(13-19)18-16-9-5-6-10-17(16)20-15-7-3-2-4-8-15/h2-10,14,18H,11-13H2,1H3. The van der Waals surface area contributed by atoms with Crippen molar-refractivity contribution in [1.29, 1.82) is 0 Å². The Bertz CT molecular complexity index is 556. The number of hydrogen-bond acceptors (Lipinski definition) is 3. The quantitative estimate of drug-likeness (QED) is 0.917. The lowest BCUT2D eigenvalue weighted by atomic mass is 10.2. The molecule has 0 spiro atoms. The van der Waals surface area contributed by atoms with E-state index in [4.69, 9.17) is 4.74 Å². The first-order chi connectivity index (χ1) is 9.81. The first-order valence-electron chi connectivity index (χ1n) is 7.08. The molecule has 1 unspecified atom stereocenters. The summed E-state index contributed by atoms with van der Waals surface area (Å²) in [5, 5.41) is 3.59. The van der Waals surface area contributed by atoms with Crippen LogP contribution in [-0.2, 0) is 0 Å². The fraction of sp³-hybridized carbons (Fsp3) is 0.294. The maximum atomic E-state index is 5.97. The molecule has 1 heterocycles. The van der Waals surface area contributed by atoms with Gasteiger partial charge >= 0.3 is 0 Å². The molecular formula is C17H20N2O. The van der Waals surface area contributed by atoms with Crippen molar-refractivity contribution in [2.45, 2.75) is 12.5 Å². The summed E-state index contributed by atoms with van der Waals surface area (Å²) < 4.78 is 5.97. The van der Waals surface area contributed by atoms with Crippen LogP contribution < -0.4 is 10.1 Å². The lowest BCUT2D eigenvalue weighted by Gasteiger charge is -2.17. The van der Waals surface area contributed by atoms with Crippen molar-refractivity contribution in [3.8, 4) is 11.5 Å². The van der Waals surface area contributed by atoms with Gasteiger partial charge in [0, 0.05) is 12.6 Å². The zero-order chi connectivity index (χ0) is 13.8. The summed E-state index contributed by atoms with van der Waals surface area (Å²) in [5.74, 6) is 1.75. The number of ether oxygens (including phenoxy) is 1. The fourth-order valence-electron chi connectivity index (χ4n) is 2.56. The van der Waals surface area contributed by atoms with Gasteiger partial charge in [-0.3, -0.25) is 0 Å². The molecular weight excluding hydrogens is 248 g/mol. The zero-order valence-electron chi connectivity index (χ0n) is 11.8. The van der Waals surface area contributed by atoms with E-state index in [1.807, 2.05) is 48.5 Å². The Morgan fingerprint density at radius 2 is 1.80 bits per heavy atom. The molecule has 1 atom stereocenters. The van der Waals surface area contributed by atoms with Crippen molar-refractivity contribution in [3.63, 3.8) is 0 Å². The number of likely N-dealkylation sites (tertiary alicyclic amines) is 1. The van der Waals surface area contributed by atoms with E-state index >= 15 is 0 Å². The van der Waals surface area contributed by atoms with E-state index in [2.05, 4.69) is 23.3 Å². The fourth-order valence-corrected chi connectivity index (χ4v) is 2.56. The van der Waals surface area contributed by atoms with Crippen molar-refractivity contribution in [2.24, 2.45) is 0 Å². The Kier molecular flexibility index (Phi) is 3.88. The number of likely N-dealkylation sites (N-methyl/N-ethyl adjacent to an activating group) is 1. The Hall–Kier alpha value is -2.00. The molecule has 0 radical (unpaired) electrons. The smallest absolute Gasteiger partial charge is 0.150 e. The Balaban J connectivity index is 1.74. The van der Waals surface area contributed by atoms with Crippen molar-refractivity contribution in [2.75, 3.05) is 25.5 Å². The zero-order valence-corrected chi connectivity index (χ0v) is 11.8. The number of nitrogens with zero attached hydrogens (tertiary/aromatic N) is 1. The van der Waals surface area contributed by atoms with Gasteiger partial charge in [-0.1, -0.05) is 30.3 Å². The molecule has 2 aromatic carbocycles. The predicted octanol–water partition coefficient (Wildman–Crippen LogP) is 3.59. The minimum atomic E-state index is 0.500. The minimum Gasteiger partial charge on any atom is -0.455 e. The van der Waals surface area contributed by atoms with Crippen LogP contribution in [0.25, 0.3) is 0 Å². The highest BCUT2D eigenvalue weighted by atomic mass is 16.5. The van der Waals surface area contributed by atoms with Crippen LogP contribution in [0, 0.1) is 0 Å². The highest BCUT2D eigenvalue weighted by Gasteiger charge is 2.20. The third-order valence-corrected chi connectivity index (χ3v) is 3.61.